The molecule has 2 aromatic rings. The highest BCUT2D eigenvalue weighted by molar-refractivity contribution is 7.16. The number of hydrogen-bond acceptors (Lipinski definition) is 4. The predicted molar refractivity (Wildman–Crippen MR) is 82.6 cm³/mol. The zero-order valence-corrected chi connectivity index (χ0v) is 12.7. The molecule has 1 aromatic carbocycles. The van der Waals surface area contributed by atoms with Crippen molar-refractivity contribution >= 4 is 34.5 Å². The van der Waals surface area contributed by atoms with Crippen LogP contribution in [0.15, 0.2) is 30.3 Å². The highest BCUT2D eigenvalue weighted by Crippen LogP contribution is 2.29. The van der Waals surface area contributed by atoms with E-state index in [1.807, 2.05) is 19.1 Å². The Kier molecular flexibility index (Phi) is 4.52. The number of amides is 1. The van der Waals surface area contributed by atoms with Crippen molar-refractivity contribution in [3.63, 3.8) is 0 Å². The topological polar surface area (TPSA) is 64.3 Å². The zero-order valence-electron chi connectivity index (χ0n) is 11.1. The fraction of sp³-hybridized carbons (Fsp3) is 0.214. The quantitative estimate of drug-likeness (QED) is 0.850. The van der Waals surface area contributed by atoms with Gasteiger partial charge in [0.05, 0.1) is 28.7 Å². The van der Waals surface area contributed by atoms with Crippen LogP contribution < -0.4 is 15.8 Å². The van der Waals surface area contributed by atoms with E-state index in [0.717, 1.165) is 4.88 Å². The normalized spacial score (nSPS) is 11.9. The van der Waals surface area contributed by atoms with Crippen LogP contribution in [0.4, 0.5) is 5.69 Å². The highest BCUT2D eigenvalue weighted by atomic mass is 35.5. The highest BCUT2D eigenvalue weighted by Gasteiger charge is 2.17. The molecule has 3 N–H and O–H groups in total. The van der Waals surface area contributed by atoms with Gasteiger partial charge in [0, 0.05) is 4.88 Å². The van der Waals surface area contributed by atoms with Crippen LogP contribution in [-0.2, 0) is 0 Å². The number of halogens is 1. The Morgan fingerprint density at radius 3 is 2.75 bits per heavy atom. The van der Waals surface area contributed by atoms with Gasteiger partial charge >= 0.3 is 0 Å². The number of carbonyl (C=O) groups excluding carboxylic acids is 1. The Morgan fingerprint density at radius 2 is 2.15 bits per heavy atom. The molecule has 2 rings (SSSR count). The monoisotopic (exact) mass is 310 g/mol. The molecular formula is C14H15ClN2O2S. The molecule has 0 aliphatic rings. The second-order valence-electron chi connectivity index (χ2n) is 4.27. The summed E-state index contributed by atoms with van der Waals surface area (Å²) >= 11 is 7.34. The van der Waals surface area contributed by atoms with Gasteiger partial charge in [-0.25, -0.2) is 0 Å². The lowest BCUT2D eigenvalue weighted by atomic mass is 10.1. The second kappa shape index (κ2) is 6.15. The van der Waals surface area contributed by atoms with E-state index < -0.39 is 0 Å². The Morgan fingerprint density at radius 1 is 1.40 bits per heavy atom. The van der Waals surface area contributed by atoms with Crippen molar-refractivity contribution in [3.8, 4) is 5.75 Å². The van der Waals surface area contributed by atoms with Crippen molar-refractivity contribution < 1.29 is 9.53 Å². The molecule has 0 bridgehead atoms. The number of nitrogen functional groups attached to an aromatic ring is 1. The van der Waals surface area contributed by atoms with E-state index in [2.05, 4.69) is 5.32 Å². The van der Waals surface area contributed by atoms with Crippen LogP contribution in [0.1, 0.15) is 28.2 Å². The summed E-state index contributed by atoms with van der Waals surface area (Å²) in [6.45, 7) is 1.90. The summed E-state index contributed by atoms with van der Waals surface area (Å²) in [4.78, 5) is 13.3. The smallest absolute Gasteiger partial charge is 0.255 e. The fourth-order valence-corrected chi connectivity index (χ4v) is 2.93. The maximum atomic E-state index is 12.3. The Bertz CT molecular complexity index is 627. The Balaban J connectivity index is 2.18. The van der Waals surface area contributed by atoms with Crippen LogP contribution in [0.3, 0.4) is 0 Å². The Labute approximate surface area is 126 Å². The van der Waals surface area contributed by atoms with Crippen molar-refractivity contribution in [1.29, 1.82) is 0 Å². The number of thiophene rings is 1. The third kappa shape index (κ3) is 3.05. The van der Waals surface area contributed by atoms with Crippen LogP contribution in [0.2, 0.25) is 4.34 Å². The summed E-state index contributed by atoms with van der Waals surface area (Å²) in [5, 5.41) is 2.91. The number of methoxy groups -OCH3 is 1. The molecule has 1 unspecified atom stereocenters. The van der Waals surface area contributed by atoms with Gasteiger partial charge in [0.2, 0.25) is 0 Å². The maximum Gasteiger partial charge on any atom is 0.255 e. The molecule has 0 fully saturated rings. The summed E-state index contributed by atoms with van der Waals surface area (Å²) in [7, 11) is 1.49. The molecular weight excluding hydrogens is 296 g/mol. The van der Waals surface area contributed by atoms with E-state index in [1.54, 1.807) is 18.2 Å². The molecule has 1 heterocycles. The fourth-order valence-electron chi connectivity index (χ4n) is 1.87. The molecule has 1 atom stereocenters. The number of rotatable bonds is 4. The van der Waals surface area contributed by atoms with Crippen molar-refractivity contribution in [2.24, 2.45) is 0 Å². The largest absolute Gasteiger partial charge is 0.494 e. The van der Waals surface area contributed by atoms with Gasteiger partial charge in [-0.15, -0.1) is 11.3 Å². The lowest BCUT2D eigenvalue weighted by molar-refractivity contribution is 0.0937. The minimum Gasteiger partial charge on any atom is -0.494 e. The number of nitrogens with two attached hydrogens (primary N) is 1. The molecule has 20 heavy (non-hydrogen) atoms. The third-order valence-corrected chi connectivity index (χ3v) is 4.28. The van der Waals surface area contributed by atoms with Gasteiger partial charge in [0.15, 0.2) is 5.75 Å². The molecule has 0 saturated heterocycles. The van der Waals surface area contributed by atoms with Crippen LogP contribution in [-0.4, -0.2) is 13.0 Å². The number of hydrogen-bond donors (Lipinski definition) is 2. The van der Waals surface area contributed by atoms with Crippen LogP contribution in [0.25, 0.3) is 0 Å². The first-order valence-corrected chi connectivity index (χ1v) is 7.21. The zero-order chi connectivity index (χ0) is 14.7. The van der Waals surface area contributed by atoms with Crippen molar-refractivity contribution in [2.45, 2.75) is 13.0 Å². The molecule has 0 saturated carbocycles. The molecule has 0 aliphatic carbocycles. The second-order valence-corrected chi connectivity index (χ2v) is 6.01. The van der Waals surface area contributed by atoms with Gasteiger partial charge in [-0.1, -0.05) is 17.7 Å². The first-order valence-electron chi connectivity index (χ1n) is 6.01. The molecule has 4 nitrogen and oxygen atoms in total. The summed E-state index contributed by atoms with van der Waals surface area (Å²) in [5.41, 5.74) is 6.65. The average molecular weight is 311 g/mol. The summed E-state index contributed by atoms with van der Waals surface area (Å²) in [5.74, 6) is 0.160. The maximum absolute atomic E-state index is 12.3. The van der Waals surface area contributed by atoms with Crippen LogP contribution in [0, 0.1) is 0 Å². The van der Waals surface area contributed by atoms with E-state index >= 15 is 0 Å². The third-order valence-electron chi connectivity index (χ3n) is 2.86. The molecule has 1 amide bonds. The van der Waals surface area contributed by atoms with Gasteiger partial charge in [-0.05, 0) is 31.2 Å². The lowest BCUT2D eigenvalue weighted by Gasteiger charge is -2.15. The van der Waals surface area contributed by atoms with Crippen molar-refractivity contribution in [2.75, 3.05) is 12.8 Å². The van der Waals surface area contributed by atoms with Gasteiger partial charge < -0.3 is 15.8 Å². The number of anilines is 1. The van der Waals surface area contributed by atoms with E-state index in [1.165, 1.54) is 18.4 Å². The standard InChI is InChI=1S/C14H15ClN2O2S/c1-8(11-6-7-12(15)20-11)17-14(18)9-4-3-5-10(16)13(9)19-2/h3-8H,16H2,1-2H3,(H,17,18). The van der Waals surface area contributed by atoms with Crippen molar-refractivity contribution in [3.05, 3.63) is 45.1 Å². The SMILES string of the molecule is COc1c(N)cccc1C(=O)NC(C)c1ccc(Cl)s1. The molecule has 1 aromatic heterocycles. The summed E-state index contributed by atoms with van der Waals surface area (Å²) < 4.78 is 5.88. The number of ether oxygens (including phenoxy) is 1. The predicted octanol–water partition coefficient (Wildman–Crippen LogP) is 3.48. The number of nitrogens with one attached hydrogen (secondary N) is 1. The molecule has 0 aliphatic heterocycles. The van der Waals surface area contributed by atoms with Gasteiger partial charge in [0.25, 0.3) is 5.91 Å². The van der Waals surface area contributed by atoms with E-state index in [4.69, 9.17) is 22.1 Å². The lowest BCUT2D eigenvalue weighted by Crippen LogP contribution is -2.26. The van der Waals surface area contributed by atoms with Crippen LogP contribution in [0.5, 0.6) is 5.75 Å². The first-order chi connectivity index (χ1) is 9.52. The number of benzene rings is 1. The first kappa shape index (κ1) is 14.7. The molecule has 0 spiro atoms. The van der Waals surface area contributed by atoms with E-state index in [-0.39, 0.29) is 11.9 Å². The van der Waals surface area contributed by atoms with Gasteiger partial charge in [-0.2, -0.15) is 0 Å². The minimum atomic E-state index is -0.230. The van der Waals surface area contributed by atoms with E-state index in [9.17, 15) is 4.79 Å². The molecule has 0 radical (unpaired) electrons. The van der Waals surface area contributed by atoms with Crippen LogP contribution >= 0.6 is 22.9 Å². The van der Waals surface area contributed by atoms with Gasteiger partial charge in [-0.3, -0.25) is 4.79 Å². The van der Waals surface area contributed by atoms with E-state index in [0.29, 0.717) is 21.3 Å². The molecule has 106 valence electrons. The number of carbonyl (C=O) groups is 1. The van der Waals surface area contributed by atoms with Crippen molar-refractivity contribution in [1.82, 2.24) is 5.32 Å². The summed E-state index contributed by atoms with van der Waals surface area (Å²) in [6, 6.07) is 8.67. The summed E-state index contributed by atoms with van der Waals surface area (Å²) in [6.07, 6.45) is 0. The minimum absolute atomic E-state index is 0.133. The van der Waals surface area contributed by atoms with Gasteiger partial charge in [0.1, 0.15) is 0 Å². The Hall–Kier alpha value is -1.72. The molecule has 6 heteroatoms. The number of para-hydroxylation sites is 1. The average Bonchev–Trinajstić information content (AvgIpc) is 2.85.